The minimum absolute atomic E-state index is 0.0421. The molecule has 10 nitrogen and oxygen atoms in total. The van der Waals surface area contributed by atoms with Crippen LogP contribution in [0.15, 0.2) is 84.4 Å². The molecule has 10 heteroatoms. The summed E-state index contributed by atoms with van der Waals surface area (Å²) in [4.78, 5) is 62.1. The van der Waals surface area contributed by atoms with Gasteiger partial charge in [-0.25, -0.2) is 4.90 Å². The fourth-order valence-electron chi connectivity index (χ4n) is 8.98. The van der Waals surface area contributed by atoms with Crippen molar-refractivity contribution in [2.75, 3.05) is 48.1 Å². The third-order valence-corrected chi connectivity index (χ3v) is 11.3. The molecule has 2 aliphatic carbocycles. The summed E-state index contributed by atoms with van der Waals surface area (Å²) in [5, 5.41) is 10.5. The van der Waals surface area contributed by atoms with Crippen molar-refractivity contribution in [3.05, 3.63) is 90.0 Å². The van der Waals surface area contributed by atoms with Crippen molar-refractivity contribution >= 4 is 40.7 Å². The number of phenolic OH excluding ortho intramolecular Hbond substituents is 1. The molecule has 5 aliphatic rings. The van der Waals surface area contributed by atoms with Crippen LogP contribution in [0.5, 0.6) is 11.5 Å². The number of rotatable bonds is 5. The summed E-state index contributed by atoms with van der Waals surface area (Å²) in [5.41, 5.74) is 2.44. The Balaban J connectivity index is 1.19. The lowest BCUT2D eigenvalue weighted by Crippen LogP contribution is -2.48. The van der Waals surface area contributed by atoms with Crippen molar-refractivity contribution in [1.82, 2.24) is 0 Å². The maximum absolute atomic E-state index is 14.5. The number of fused-ring (bicyclic) bond motifs is 4. The smallest absolute Gasteiger partial charge is 0.241 e. The van der Waals surface area contributed by atoms with Gasteiger partial charge in [-0.15, -0.1) is 0 Å². The van der Waals surface area contributed by atoms with E-state index in [-0.39, 0.29) is 41.5 Å². The van der Waals surface area contributed by atoms with Crippen LogP contribution in [-0.2, 0) is 23.9 Å². The SMILES string of the molecule is COc1cc([C@H]2C3=CC[C@@H]4C(=O)N(c5ccc(N6CCOCC6)cc5)C(=O)[C@@H]4[C@@H]3C[C@H]3C(=O)N(c4ccccc4)C(=O)[C@@]23C)ccc1O. The van der Waals surface area contributed by atoms with Gasteiger partial charge in [-0.1, -0.05) is 35.9 Å². The number of imide groups is 2. The number of anilines is 3. The Kier molecular flexibility index (Phi) is 7.17. The van der Waals surface area contributed by atoms with Crippen LogP contribution in [0.4, 0.5) is 17.1 Å². The molecule has 8 rings (SSSR count). The Labute approximate surface area is 278 Å². The number of morpholine rings is 1. The van der Waals surface area contributed by atoms with E-state index in [1.807, 2.05) is 43.3 Å². The van der Waals surface area contributed by atoms with Gasteiger partial charge in [0.15, 0.2) is 11.5 Å². The molecular weight excluding hydrogens is 610 g/mol. The fourth-order valence-corrected chi connectivity index (χ4v) is 8.98. The van der Waals surface area contributed by atoms with Gasteiger partial charge in [0.05, 0.1) is 54.9 Å². The van der Waals surface area contributed by atoms with Gasteiger partial charge in [0.1, 0.15) is 0 Å². The van der Waals surface area contributed by atoms with Gasteiger partial charge in [-0.2, -0.15) is 0 Å². The molecule has 0 bridgehead atoms. The summed E-state index contributed by atoms with van der Waals surface area (Å²) in [7, 11) is 1.46. The van der Waals surface area contributed by atoms with Crippen molar-refractivity contribution in [1.29, 1.82) is 0 Å². The lowest BCUT2D eigenvalue weighted by Gasteiger charge is -2.49. The fraction of sp³-hybridized carbons (Fsp3) is 0.368. The van der Waals surface area contributed by atoms with E-state index >= 15 is 0 Å². The molecule has 3 aromatic rings. The van der Waals surface area contributed by atoms with Crippen LogP contribution < -0.4 is 19.4 Å². The highest BCUT2D eigenvalue weighted by Gasteiger charge is 2.67. The molecule has 1 N–H and O–H groups in total. The number of hydrogen-bond acceptors (Lipinski definition) is 8. The third kappa shape index (κ3) is 4.35. The molecule has 6 atom stereocenters. The molecule has 0 radical (unpaired) electrons. The van der Waals surface area contributed by atoms with Gasteiger partial charge in [-0.05, 0) is 79.8 Å². The molecular formula is C38H37N3O7. The lowest BCUT2D eigenvalue weighted by atomic mass is 9.51. The molecule has 0 unspecified atom stereocenters. The highest BCUT2D eigenvalue weighted by atomic mass is 16.5. The predicted molar refractivity (Wildman–Crippen MR) is 178 cm³/mol. The van der Waals surface area contributed by atoms with Crippen LogP contribution in [0.25, 0.3) is 0 Å². The Morgan fingerprint density at radius 1 is 0.812 bits per heavy atom. The van der Waals surface area contributed by atoms with E-state index in [1.165, 1.54) is 23.0 Å². The summed E-state index contributed by atoms with van der Waals surface area (Å²) < 4.78 is 10.9. The molecule has 0 spiro atoms. The van der Waals surface area contributed by atoms with E-state index in [0.717, 1.165) is 24.4 Å². The zero-order valence-corrected chi connectivity index (χ0v) is 26.9. The van der Waals surface area contributed by atoms with Crippen molar-refractivity contribution in [3.63, 3.8) is 0 Å². The van der Waals surface area contributed by atoms with E-state index in [0.29, 0.717) is 36.6 Å². The number of methoxy groups -OCH3 is 1. The Morgan fingerprint density at radius 2 is 1.50 bits per heavy atom. The van der Waals surface area contributed by atoms with Gasteiger partial charge in [0.2, 0.25) is 23.6 Å². The maximum Gasteiger partial charge on any atom is 0.241 e. The first-order valence-electron chi connectivity index (χ1n) is 16.5. The molecule has 4 fully saturated rings. The van der Waals surface area contributed by atoms with Gasteiger partial charge < -0.3 is 19.5 Å². The number of para-hydroxylation sites is 1. The standard InChI is InChI=1S/C38H37N3O7/c1-38-29(35(44)41(37(38)46)24-6-4-3-5-7-24)21-28-26(33(38)22-8-15-30(42)31(20-22)47-2)13-14-27-32(28)36(45)40(34(27)43)25-11-9-23(10-12-25)39-16-18-48-19-17-39/h3-13,15,20,27-29,32-33,42H,14,16-19,21H2,1-2H3/t27-,28+,29-,32-,33-,38+/m0/s1. The average Bonchev–Trinajstić information content (AvgIpc) is 3.48. The van der Waals surface area contributed by atoms with Crippen LogP contribution in [0.2, 0.25) is 0 Å². The number of carbonyl (C=O) groups excluding carboxylic acids is 4. The first-order valence-corrected chi connectivity index (χ1v) is 16.5. The minimum Gasteiger partial charge on any atom is -0.504 e. The number of carbonyl (C=O) groups is 4. The number of nitrogens with zero attached hydrogens (tertiary/aromatic N) is 3. The van der Waals surface area contributed by atoms with Crippen LogP contribution in [0.3, 0.4) is 0 Å². The number of amides is 4. The highest BCUT2D eigenvalue weighted by Crippen LogP contribution is 2.64. The van der Waals surface area contributed by atoms with Gasteiger partial charge in [0, 0.05) is 24.7 Å². The van der Waals surface area contributed by atoms with Gasteiger partial charge >= 0.3 is 0 Å². The molecule has 0 aromatic heterocycles. The van der Waals surface area contributed by atoms with E-state index in [2.05, 4.69) is 4.90 Å². The lowest BCUT2D eigenvalue weighted by molar-refractivity contribution is -0.131. The number of phenols is 1. The number of ether oxygens (including phenoxy) is 2. The van der Waals surface area contributed by atoms with Gasteiger partial charge in [0.25, 0.3) is 0 Å². The molecule has 3 saturated heterocycles. The molecule has 4 amide bonds. The van der Waals surface area contributed by atoms with Crippen molar-refractivity contribution in [2.45, 2.75) is 25.7 Å². The molecule has 3 aliphatic heterocycles. The zero-order chi connectivity index (χ0) is 33.3. The Bertz CT molecular complexity index is 1850. The van der Waals surface area contributed by atoms with Crippen molar-refractivity contribution in [2.24, 2.45) is 29.1 Å². The van der Waals surface area contributed by atoms with Crippen molar-refractivity contribution in [3.8, 4) is 11.5 Å². The number of hydrogen-bond donors (Lipinski definition) is 1. The van der Waals surface area contributed by atoms with E-state index < -0.39 is 35.0 Å². The second-order valence-corrected chi connectivity index (χ2v) is 13.6. The summed E-state index contributed by atoms with van der Waals surface area (Å²) in [6.45, 7) is 4.70. The summed E-state index contributed by atoms with van der Waals surface area (Å²) in [5.74, 6) is -3.92. The molecule has 3 aromatic carbocycles. The van der Waals surface area contributed by atoms with Crippen molar-refractivity contribution < 1.29 is 33.8 Å². The zero-order valence-electron chi connectivity index (χ0n) is 26.9. The highest BCUT2D eigenvalue weighted by molar-refractivity contribution is 6.25. The van der Waals surface area contributed by atoms with Crippen LogP contribution in [0, 0.1) is 29.1 Å². The summed E-state index contributed by atoms with van der Waals surface area (Å²) >= 11 is 0. The number of benzene rings is 3. The minimum atomic E-state index is -1.18. The quantitative estimate of drug-likeness (QED) is 0.314. The van der Waals surface area contributed by atoms with Crippen LogP contribution in [-0.4, -0.2) is 62.1 Å². The maximum atomic E-state index is 14.5. The van der Waals surface area contributed by atoms with E-state index in [9.17, 15) is 24.3 Å². The third-order valence-electron chi connectivity index (χ3n) is 11.3. The number of allylic oxidation sites excluding steroid dienone is 2. The average molecular weight is 648 g/mol. The second-order valence-electron chi connectivity index (χ2n) is 13.6. The molecule has 48 heavy (non-hydrogen) atoms. The molecule has 246 valence electrons. The second kappa shape index (κ2) is 11.3. The molecule has 3 heterocycles. The molecule has 1 saturated carbocycles. The summed E-state index contributed by atoms with van der Waals surface area (Å²) in [6, 6.07) is 21.4. The van der Waals surface area contributed by atoms with E-state index in [4.69, 9.17) is 9.47 Å². The first-order chi connectivity index (χ1) is 23.2. The van der Waals surface area contributed by atoms with Crippen LogP contribution in [0.1, 0.15) is 31.2 Å². The van der Waals surface area contributed by atoms with Crippen LogP contribution >= 0.6 is 0 Å². The Hall–Kier alpha value is -4.96. The monoisotopic (exact) mass is 647 g/mol. The number of aromatic hydroxyl groups is 1. The topological polar surface area (TPSA) is 117 Å². The first kappa shape index (κ1) is 30.4. The predicted octanol–water partition coefficient (Wildman–Crippen LogP) is 4.67. The van der Waals surface area contributed by atoms with E-state index in [1.54, 1.807) is 36.4 Å². The van der Waals surface area contributed by atoms with Gasteiger partial charge in [-0.3, -0.25) is 24.1 Å². The summed E-state index contributed by atoms with van der Waals surface area (Å²) in [6.07, 6.45) is 2.64. The normalized spacial score (nSPS) is 29.8. The largest absolute Gasteiger partial charge is 0.504 e. The Morgan fingerprint density at radius 3 is 2.21 bits per heavy atom.